The van der Waals surface area contributed by atoms with Crippen molar-refractivity contribution < 1.29 is 13.2 Å². The average molecular weight is 279 g/mol. The standard InChI is InChI=1S/C14H17NO3S/c1-11-4-3-9-14(11,10-15)19(16,17)13-7-5-12(18-2)6-8-13/h5-8,11H,3-4,9H2,1-2H3. The molecule has 0 bridgehead atoms. The van der Waals surface area contributed by atoms with E-state index in [2.05, 4.69) is 6.07 Å². The lowest BCUT2D eigenvalue weighted by Crippen LogP contribution is -2.39. The summed E-state index contributed by atoms with van der Waals surface area (Å²) < 4.78 is 29.2. The number of hydrogen-bond acceptors (Lipinski definition) is 4. The Hall–Kier alpha value is -1.54. The van der Waals surface area contributed by atoms with Crippen LogP contribution in [0.1, 0.15) is 26.2 Å². The van der Waals surface area contributed by atoms with Crippen molar-refractivity contribution >= 4 is 9.84 Å². The lowest BCUT2D eigenvalue weighted by molar-refractivity contribution is 0.414. The van der Waals surface area contributed by atoms with Crippen molar-refractivity contribution in [2.24, 2.45) is 5.92 Å². The first-order valence-corrected chi connectivity index (χ1v) is 7.76. The van der Waals surface area contributed by atoms with Gasteiger partial charge in [0.2, 0.25) is 0 Å². The van der Waals surface area contributed by atoms with Crippen LogP contribution in [0.15, 0.2) is 29.2 Å². The van der Waals surface area contributed by atoms with Gasteiger partial charge in [-0.2, -0.15) is 5.26 Å². The van der Waals surface area contributed by atoms with Crippen LogP contribution in [0, 0.1) is 17.2 Å². The van der Waals surface area contributed by atoms with Gasteiger partial charge in [0.05, 0.1) is 18.1 Å². The average Bonchev–Trinajstić information content (AvgIpc) is 2.81. The van der Waals surface area contributed by atoms with Gasteiger partial charge in [0.25, 0.3) is 0 Å². The van der Waals surface area contributed by atoms with Crippen LogP contribution in [0.4, 0.5) is 0 Å². The highest BCUT2D eigenvalue weighted by Crippen LogP contribution is 2.44. The van der Waals surface area contributed by atoms with E-state index in [9.17, 15) is 13.7 Å². The maximum Gasteiger partial charge on any atom is 0.197 e. The van der Waals surface area contributed by atoms with Crippen LogP contribution >= 0.6 is 0 Å². The fourth-order valence-electron chi connectivity index (χ4n) is 2.74. The molecular weight excluding hydrogens is 262 g/mol. The van der Waals surface area contributed by atoms with Crippen LogP contribution < -0.4 is 4.74 Å². The fraction of sp³-hybridized carbons (Fsp3) is 0.500. The molecule has 2 rings (SSSR count). The molecule has 1 aliphatic carbocycles. The molecule has 0 amide bonds. The molecule has 0 saturated heterocycles. The van der Waals surface area contributed by atoms with Crippen molar-refractivity contribution in [2.45, 2.75) is 35.8 Å². The van der Waals surface area contributed by atoms with Crippen molar-refractivity contribution in [1.82, 2.24) is 0 Å². The number of ether oxygens (including phenoxy) is 1. The molecule has 19 heavy (non-hydrogen) atoms. The summed E-state index contributed by atoms with van der Waals surface area (Å²) >= 11 is 0. The van der Waals surface area contributed by atoms with Gasteiger partial charge >= 0.3 is 0 Å². The fourth-order valence-corrected chi connectivity index (χ4v) is 4.84. The van der Waals surface area contributed by atoms with Crippen LogP contribution in [0.5, 0.6) is 5.75 Å². The van der Waals surface area contributed by atoms with Crippen LogP contribution in [0.3, 0.4) is 0 Å². The van der Waals surface area contributed by atoms with Gasteiger partial charge in [0.15, 0.2) is 14.6 Å². The molecule has 1 saturated carbocycles. The summed E-state index contributed by atoms with van der Waals surface area (Å²) in [4.78, 5) is 0.198. The predicted octanol–water partition coefficient (Wildman–Crippen LogP) is 2.55. The number of nitrogens with zero attached hydrogens (tertiary/aromatic N) is 1. The van der Waals surface area contributed by atoms with Gasteiger partial charge in [-0.25, -0.2) is 8.42 Å². The second-order valence-electron chi connectivity index (χ2n) is 4.97. The molecule has 2 atom stereocenters. The Kier molecular flexibility index (Phi) is 3.55. The van der Waals surface area contributed by atoms with Crippen LogP contribution in [-0.4, -0.2) is 20.3 Å². The zero-order valence-corrected chi connectivity index (χ0v) is 11.9. The summed E-state index contributed by atoms with van der Waals surface area (Å²) in [7, 11) is -2.11. The van der Waals surface area contributed by atoms with Crippen LogP contribution in [0.2, 0.25) is 0 Å². The van der Waals surface area contributed by atoms with E-state index in [-0.39, 0.29) is 10.8 Å². The maximum atomic E-state index is 12.7. The molecule has 0 radical (unpaired) electrons. The van der Waals surface area contributed by atoms with Gasteiger partial charge in [0, 0.05) is 0 Å². The summed E-state index contributed by atoms with van der Waals surface area (Å²) in [5.74, 6) is 0.467. The Morgan fingerprint density at radius 2 is 2.00 bits per heavy atom. The van der Waals surface area contributed by atoms with E-state index < -0.39 is 14.6 Å². The van der Waals surface area contributed by atoms with Crippen molar-refractivity contribution in [3.8, 4) is 11.8 Å². The monoisotopic (exact) mass is 279 g/mol. The quantitative estimate of drug-likeness (QED) is 0.852. The zero-order valence-electron chi connectivity index (χ0n) is 11.1. The molecule has 1 aromatic rings. The van der Waals surface area contributed by atoms with E-state index >= 15 is 0 Å². The van der Waals surface area contributed by atoms with E-state index in [0.717, 1.165) is 12.8 Å². The van der Waals surface area contributed by atoms with Gasteiger partial charge in [0.1, 0.15) is 5.75 Å². The molecule has 4 nitrogen and oxygen atoms in total. The molecule has 5 heteroatoms. The third kappa shape index (κ3) is 2.00. The van der Waals surface area contributed by atoms with Crippen molar-refractivity contribution in [3.05, 3.63) is 24.3 Å². The molecule has 1 aromatic carbocycles. The first-order valence-electron chi connectivity index (χ1n) is 6.28. The summed E-state index contributed by atoms with van der Waals surface area (Å²) in [6.45, 7) is 1.84. The second-order valence-corrected chi connectivity index (χ2v) is 7.18. The molecule has 2 unspecified atom stereocenters. The van der Waals surface area contributed by atoms with Crippen molar-refractivity contribution in [3.63, 3.8) is 0 Å². The summed E-state index contributed by atoms with van der Waals surface area (Å²) in [5.41, 5.74) is 0. The Morgan fingerprint density at radius 3 is 2.42 bits per heavy atom. The number of methoxy groups -OCH3 is 1. The van der Waals surface area contributed by atoms with E-state index in [1.807, 2.05) is 6.92 Å². The maximum absolute atomic E-state index is 12.7. The van der Waals surface area contributed by atoms with E-state index in [1.165, 1.54) is 19.2 Å². The van der Waals surface area contributed by atoms with Gasteiger partial charge < -0.3 is 4.74 Å². The Balaban J connectivity index is 2.49. The molecule has 0 spiro atoms. The second kappa shape index (κ2) is 4.86. The number of benzene rings is 1. The van der Waals surface area contributed by atoms with Gasteiger partial charge in [-0.15, -0.1) is 0 Å². The highest BCUT2D eigenvalue weighted by Gasteiger charge is 2.52. The minimum absolute atomic E-state index is 0.135. The summed E-state index contributed by atoms with van der Waals surface area (Å²) in [6, 6.07) is 8.32. The van der Waals surface area contributed by atoms with Crippen LogP contribution in [0.25, 0.3) is 0 Å². The number of sulfone groups is 1. The van der Waals surface area contributed by atoms with E-state index in [0.29, 0.717) is 12.2 Å². The van der Waals surface area contributed by atoms with E-state index in [1.54, 1.807) is 12.1 Å². The smallest absolute Gasteiger partial charge is 0.197 e. The normalized spacial score (nSPS) is 26.9. The highest BCUT2D eigenvalue weighted by molar-refractivity contribution is 7.93. The van der Waals surface area contributed by atoms with Crippen molar-refractivity contribution in [2.75, 3.05) is 7.11 Å². The van der Waals surface area contributed by atoms with E-state index in [4.69, 9.17) is 4.74 Å². The van der Waals surface area contributed by atoms with Gasteiger partial charge in [-0.3, -0.25) is 0 Å². The third-order valence-corrected chi connectivity index (χ3v) is 6.57. The predicted molar refractivity (Wildman–Crippen MR) is 71.5 cm³/mol. The number of hydrogen-bond donors (Lipinski definition) is 0. The summed E-state index contributed by atoms with van der Waals surface area (Å²) in [6.07, 6.45) is 1.98. The molecule has 0 N–H and O–H groups in total. The molecular formula is C14H17NO3S. The molecule has 102 valence electrons. The van der Waals surface area contributed by atoms with Crippen molar-refractivity contribution in [1.29, 1.82) is 5.26 Å². The van der Waals surface area contributed by atoms with Crippen LogP contribution in [-0.2, 0) is 9.84 Å². The number of rotatable bonds is 3. The molecule has 1 fully saturated rings. The minimum Gasteiger partial charge on any atom is -0.497 e. The number of nitriles is 1. The topological polar surface area (TPSA) is 67.2 Å². The first kappa shape index (κ1) is 13.9. The highest BCUT2D eigenvalue weighted by atomic mass is 32.2. The first-order chi connectivity index (χ1) is 8.98. The van der Waals surface area contributed by atoms with Gasteiger partial charge in [-0.1, -0.05) is 13.3 Å². The molecule has 0 heterocycles. The Bertz CT molecular complexity index is 601. The Morgan fingerprint density at radius 1 is 1.37 bits per heavy atom. The SMILES string of the molecule is COc1ccc(S(=O)(=O)C2(C#N)CCCC2C)cc1. The van der Waals surface area contributed by atoms with Gasteiger partial charge in [-0.05, 0) is 43.0 Å². The minimum atomic E-state index is -3.64. The zero-order chi connectivity index (χ0) is 14.1. The lowest BCUT2D eigenvalue weighted by Gasteiger charge is -2.25. The lowest BCUT2D eigenvalue weighted by atomic mass is 9.99. The molecule has 0 aliphatic heterocycles. The third-order valence-electron chi connectivity index (χ3n) is 4.02. The molecule has 0 aromatic heterocycles. The Labute approximate surface area is 113 Å². The summed E-state index contributed by atoms with van der Waals surface area (Å²) in [5, 5.41) is 9.43. The largest absolute Gasteiger partial charge is 0.497 e. The molecule has 1 aliphatic rings.